The Morgan fingerprint density at radius 1 is 1.26 bits per heavy atom. The molecule has 3 rings (SSSR count). The Bertz CT molecular complexity index is 535. The van der Waals surface area contributed by atoms with Crippen LogP contribution < -0.4 is 15.2 Å². The van der Waals surface area contributed by atoms with Crippen LogP contribution in [0, 0.1) is 5.41 Å². The smallest absolute Gasteiger partial charge is 0.395 e. The van der Waals surface area contributed by atoms with Crippen molar-refractivity contribution in [2.75, 3.05) is 6.54 Å². The summed E-state index contributed by atoms with van der Waals surface area (Å²) in [6, 6.07) is 4.10. The normalized spacial score (nSPS) is 21.8. The van der Waals surface area contributed by atoms with Crippen LogP contribution in [-0.4, -0.2) is 18.6 Å². The van der Waals surface area contributed by atoms with E-state index in [1.165, 1.54) is 18.2 Å². The summed E-state index contributed by atoms with van der Waals surface area (Å²) in [6.45, 7) is 0.274. The third kappa shape index (κ3) is 1.87. The van der Waals surface area contributed by atoms with Crippen molar-refractivity contribution >= 4 is 5.78 Å². The Morgan fingerprint density at radius 2 is 1.95 bits per heavy atom. The molecule has 1 aliphatic carbocycles. The number of rotatable bonds is 3. The largest absolute Gasteiger partial charge is 0.586 e. The molecule has 0 saturated heterocycles. The van der Waals surface area contributed by atoms with Gasteiger partial charge >= 0.3 is 6.29 Å². The van der Waals surface area contributed by atoms with Crippen LogP contribution in [0.15, 0.2) is 18.2 Å². The summed E-state index contributed by atoms with van der Waals surface area (Å²) in [5.41, 5.74) is 5.47. The highest BCUT2D eigenvalue weighted by atomic mass is 19.3. The van der Waals surface area contributed by atoms with Crippen molar-refractivity contribution in [2.45, 2.75) is 25.6 Å². The van der Waals surface area contributed by atoms with Gasteiger partial charge in [0.25, 0.3) is 0 Å². The predicted molar refractivity (Wildman–Crippen MR) is 62.3 cm³/mol. The molecule has 0 spiro atoms. The summed E-state index contributed by atoms with van der Waals surface area (Å²) in [4.78, 5) is 12.4. The van der Waals surface area contributed by atoms with Gasteiger partial charge in [-0.25, -0.2) is 0 Å². The molecule has 0 radical (unpaired) electrons. The SMILES string of the molecule is NCC1(C(=O)c2ccc3c(c2)OC(F)(F)O3)CCC1. The number of halogens is 2. The highest BCUT2D eigenvalue weighted by Crippen LogP contribution is 2.45. The molecule has 0 amide bonds. The second-order valence-corrected chi connectivity index (χ2v) is 5.00. The van der Waals surface area contributed by atoms with E-state index in [0.717, 1.165) is 19.3 Å². The number of hydrogen-bond acceptors (Lipinski definition) is 4. The summed E-state index contributed by atoms with van der Waals surface area (Å²) in [5, 5.41) is 0. The number of benzene rings is 1. The van der Waals surface area contributed by atoms with E-state index >= 15 is 0 Å². The van der Waals surface area contributed by atoms with E-state index in [1.807, 2.05) is 0 Å². The van der Waals surface area contributed by atoms with Crippen LogP contribution in [0.3, 0.4) is 0 Å². The average Bonchev–Trinajstić information content (AvgIpc) is 2.60. The van der Waals surface area contributed by atoms with E-state index in [9.17, 15) is 13.6 Å². The molecule has 102 valence electrons. The molecule has 0 aromatic heterocycles. The van der Waals surface area contributed by atoms with Crippen molar-refractivity contribution in [3.8, 4) is 11.5 Å². The maximum atomic E-state index is 12.9. The molecule has 0 atom stereocenters. The van der Waals surface area contributed by atoms with Crippen molar-refractivity contribution in [3.63, 3.8) is 0 Å². The maximum Gasteiger partial charge on any atom is 0.586 e. The number of Topliss-reactive ketones (excluding diaryl/α,β-unsaturated/α-hetero) is 1. The molecule has 4 nitrogen and oxygen atoms in total. The summed E-state index contributed by atoms with van der Waals surface area (Å²) < 4.78 is 34.4. The minimum atomic E-state index is -3.66. The number of hydrogen-bond donors (Lipinski definition) is 1. The Hall–Kier alpha value is -1.69. The lowest BCUT2D eigenvalue weighted by molar-refractivity contribution is -0.286. The first-order chi connectivity index (χ1) is 8.96. The average molecular weight is 269 g/mol. The Labute approximate surface area is 108 Å². The van der Waals surface area contributed by atoms with Crippen LogP contribution in [0.4, 0.5) is 8.78 Å². The van der Waals surface area contributed by atoms with Crippen LogP contribution in [0.1, 0.15) is 29.6 Å². The Kier molecular flexibility index (Phi) is 2.53. The lowest BCUT2D eigenvalue weighted by atomic mass is 9.64. The number of nitrogens with two attached hydrogens (primary N) is 1. The fraction of sp³-hybridized carbons (Fsp3) is 0.462. The van der Waals surface area contributed by atoms with Crippen molar-refractivity contribution in [2.24, 2.45) is 11.1 Å². The van der Waals surface area contributed by atoms with E-state index in [2.05, 4.69) is 9.47 Å². The van der Waals surface area contributed by atoms with Gasteiger partial charge in [-0.3, -0.25) is 4.79 Å². The van der Waals surface area contributed by atoms with Crippen molar-refractivity contribution < 1.29 is 23.0 Å². The minimum absolute atomic E-state index is 0.0584. The first-order valence-electron chi connectivity index (χ1n) is 6.11. The van der Waals surface area contributed by atoms with Crippen LogP contribution in [0.25, 0.3) is 0 Å². The number of ether oxygens (including phenoxy) is 2. The quantitative estimate of drug-likeness (QED) is 0.855. The molecular formula is C13H13F2NO3. The highest BCUT2D eigenvalue weighted by Gasteiger charge is 2.46. The lowest BCUT2D eigenvalue weighted by Crippen LogP contribution is -2.44. The van der Waals surface area contributed by atoms with Gasteiger partial charge in [0.05, 0.1) is 0 Å². The maximum absolute atomic E-state index is 12.9. The van der Waals surface area contributed by atoms with E-state index in [0.29, 0.717) is 5.56 Å². The van der Waals surface area contributed by atoms with Crippen molar-refractivity contribution in [1.82, 2.24) is 0 Å². The highest BCUT2D eigenvalue weighted by molar-refractivity contribution is 6.01. The summed E-state index contributed by atoms with van der Waals surface area (Å²) in [6.07, 6.45) is -1.21. The molecule has 2 aliphatic rings. The van der Waals surface area contributed by atoms with Gasteiger partial charge < -0.3 is 15.2 Å². The van der Waals surface area contributed by atoms with E-state index in [4.69, 9.17) is 5.73 Å². The van der Waals surface area contributed by atoms with Gasteiger partial charge in [0, 0.05) is 17.5 Å². The third-order valence-corrected chi connectivity index (χ3v) is 3.85. The fourth-order valence-electron chi connectivity index (χ4n) is 2.52. The number of carbonyl (C=O) groups is 1. The third-order valence-electron chi connectivity index (χ3n) is 3.85. The van der Waals surface area contributed by atoms with Gasteiger partial charge in [-0.1, -0.05) is 6.42 Å². The molecule has 1 saturated carbocycles. The molecule has 19 heavy (non-hydrogen) atoms. The molecule has 1 fully saturated rings. The zero-order chi connectivity index (χ0) is 13.7. The van der Waals surface area contributed by atoms with Gasteiger partial charge in [-0.05, 0) is 31.0 Å². The fourth-order valence-corrected chi connectivity index (χ4v) is 2.52. The van der Waals surface area contributed by atoms with Crippen molar-refractivity contribution in [1.29, 1.82) is 0 Å². The molecule has 0 unspecified atom stereocenters. The molecule has 6 heteroatoms. The van der Waals surface area contributed by atoms with Gasteiger partial charge in [0.15, 0.2) is 17.3 Å². The van der Waals surface area contributed by atoms with Gasteiger partial charge in [-0.15, -0.1) is 8.78 Å². The Balaban J connectivity index is 1.90. The first kappa shape index (κ1) is 12.3. The number of alkyl halides is 2. The molecule has 0 bridgehead atoms. The van der Waals surface area contributed by atoms with Crippen LogP contribution in [0.2, 0.25) is 0 Å². The van der Waals surface area contributed by atoms with Crippen LogP contribution >= 0.6 is 0 Å². The zero-order valence-corrected chi connectivity index (χ0v) is 10.1. The van der Waals surface area contributed by atoms with Gasteiger partial charge in [-0.2, -0.15) is 0 Å². The Morgan fingerprint density at radius 3 is 2.53 bits per heavy atom. The summed E-state index contributed by atoms with van der Waals surface area (Å²) in [7, 11) is 0. The van der Waals surface area contributed by atoms with Gasteiger partial charge in [0.2, 0.25) is 0 Å². The standard InChI is InChI=1S/C13H13F2NO3/c14-13(15)18-9-3-2-8(6-10(9)19-13)11(17)12(7-16)4-1-5-12/h2-3,6H,1,4-5,7,16H2. The van der Waals surface area contributed by atoms with E-state index < -0.39 is 11.7 Å². The summed E-state index contributed by atoms with van der Waals surface area (Å²) >= 11 is 0. The second kappa shape index (κ2) is 3.90. The topological polar surface area (TPSA) is 61.6 Å². The monoisotopic (exact) mass is 269 g/mol. The van der Waals surface area contributed by atoms with Crippen molar-refractivity contribution in [3.05, 3.63) is 23.8 Å². The van der Waals surface area contributed by atoms with Crippen LogP contribution in [-0.2, 0) is 0 Å². The predicted octanol–water partition coefficient (Wildman–Crippen LogP) is 2.32. The van der Waals surface area contributed by atoms with E-state index in [1.54, 1.807) is 0 Å². The molecule has 1 aliphatic heterocycles. The second-order valence-electron chi connectivity index (χ2n) is 5.00. The molecular weight excluding hydrogens is 256 g/mol. The number of ketones is 1. The first-order valence-corrected chi connectivity index (χ1v) is 6.11. The number of fused-ring (bicyclic) bond motifs is 1. The lowest BCUT2D eigenvalue weighted by Gasteiger charge is -2.39. The number of carbonyl (C=O) groups excluding carboxylic acids is 1. The molecule has 1 heterocycles. The molecule has 2 N–H and O–H groups in total. The van der Waals surface area contributed by atoms with E-state index in [-0.39, 0.29) is 23.8 Å². The molecule has 1 aromatic rings. The summed E-state index contributed by atoms with van der Waals surface area (Å²) in [5.74, 6) is -0.276. The minimum Gasteiger partial charge on any atom is -0.395 e. The zero-order valence-electron chi connectivity index (χ0n) is 10.1. The molecule has 1 aromatic carbocycles. The van der Waals surface area contributed by atoms with Crippen LogP contribution in [0.5, 0.6) is 11.5 Å². The van der Waals surface area contributed by atoms with Gasteiger partial charge in [0.1, 0.15) is 0 Å².